The molecule has 2 rings (SSSR count). The van der Waals surface area contributed by atoms with Gasteiger partial charge in [0, 0.05) is 25.4 Å². The van der Waals surface area contributed by atoms with Gasteiger partial charge in [-0.3, -0.25) is 9.40 Å². The van der Waals surface area contributed by atoms with E-state index in [0.717, 1.165) is 11.1 Å². The van der Waals surface area contributed by atoms with E-state index in [-0.39, 0.29) is 17.3 Å². The number of aryl methyl sites for hydroxylation is 3. The lowest BCUT2D eigenvalue weighted by Gasteiger charge is -2.08. The third-order valence-corrected chi connectivity index (χ3v) is 4.48. The van der Waals surface area contributed by atoms with Gasteiger partial charge in [0.1, 0.15) is 0 Å². The molecule has 3 N–H and O–H groups in total. The van der Waals surface area contributed by atoms with E-state index in [4.69, 9.17) is 5.73 Å². The monoisotopic (exact) mass is 294 g/mol. The van der Waals surface area contributed by atoms with Gasteiger partial charge in [0.05, 0.1) is 4.90 Å². The van der Waals surface area contributed by atoms with Crippen LogP contribution in [0, 0.1) is 13.8 Å². The van der Waals surface area contributed by atoms with Crippen molar-refractivity contribution in [2.45, 2.75) is 25.3 Å². The fourth-order valence-electron chi connectivity index (χ4n) is 1.84. The molecule has 0 radical (unpaired) electrons. The maximum atomic E-state index is 12.3. The molecule has 0 amide bonds. The number of hydrogen-bond donors (Lipinski definition) is 2. The van der Waals surface area contributed by atoms with Crippen LogP contribution >= 0.6 is 0 Å². The molecule has 7 heteroatoms. The molecule has 1 aromatic carbocycles. The lowest BCUT2D eigenvalue weighted by atomic mass is 10.1. The second-order valence-corrected chi connectivity index (χ2v) is 6.41. The molecule has 0 saturated carbocycles. The van der Waals surface area contributed by atoms with Crippen LogP contribution in [0.1, 0.15) is 16.7 Å². The maximum absolute atomic E-state index is 12.3. The smallest absolute Gasteiger partial charge is 0.263 e. The Bertz CT molecular complexity index is 735. The SMILES string of the molecule is Cc1ccc(S(=O)(=O)Nc2nn(C)cc2CN)cc1C. The van der Waals surface area contributed by atoms with Crippen molar-refractivity contribution in [3.05, 3.63) is 41.1 Å². The molecule has 108 valence electrons. The van der Waals surface area contributed by atoms with Gasteiger partial charge in [-0.15, -0.1) is 0 Å². The van der Waals surface area contributed by atoms with E-state index in [1.807, 2.05) is 13.8 Å². The van der Waals surface area contributed by atoms with Crippen LogP contribution in [-0.2, 0) is 23.6 Å². The van der Waals surface area contributed by atoms with Gasteiger partial charge in [0.2, 0.25) is 0 Å². The summed E-state index contributed by atoms with van der Waals surface area (Å²) in [5.74, 6) is 0.272. The van der Waals surface area contributed by atoms with Crippen molar-refractivity contribution in [1.29, 1.82) is 0 Å². The van der Waals surface area contributed by atoms with Crippen LogP contribution < -0.4 is 10.5 Å². The van der Waals surface area contributed by atoms with E-state index in [0.29, 0.717) is 5.56 Å². The summed E-state index contributed by atoms with van der Waals surface area (Å²) in [5.41, 5.74) is 8.20. The Morgan fingerprint density at radius 1 is 1.30 bits per heavy atom. The molecule has 0 aliphatic heterocycles. The standard InChI is InChI=1S/C13H18N4O2S/c1-9-4-5-12(6-10(9)2)20(18,19)16-13-11(7-14)8-17(3)15-13/h4-6,8H,7,14H2,1-3H3,(H,15,16). The Labute approximate surface area is 118 Å². The molecule has 0 spiro atoms. The van der Waals surface area contributed by atoms with Crippen LogP contribution in [0.25, 0.3) is 0 Å². The van der Waals surface area contributed by atoms with E-state index in [1.165, 1.54) is 4.68 Å². The molecule has 0 saturated heterocycles. The number of aromatic nitrogens is 2. The summed E-state index contributed by atoms with van der Waals surface area (Å²) >= 11 is 0. The Morgan fingerprint density at radius 2 is 2.00 bits per heavy atom. The van der Waals surface area contributed by atoms with Crippen LogP contribution in [0.15, 0.2) is 29.3 Å². The number of nitrogens with zero attached hydrogens (tertiary/aromatic N) is 2. The molecule has 2 aromatic rings. The van der Waals surface area contributed by atoms with Gasteiger partial charge < -0.3 is 5.73 Å². The molecular formula is C13H18N4O2S. The van der Waals surface area contributed by atoms with Gasteiger partial charge in [-0.25, -0.2) is 8.42 Å². The third-order valence-electron chi connectivity index (χ3n) is 3.14. The highest BCUT2D eigenvalue weighted by Crippen LogP contribution is 2.20. The van der Waals surface area contributed by atoms with E-state index in [2.05, 4.69) is 9.82 Å². The minimum absolute atomic E-state index is 0.217. The first-order valence-corrected chi connectivity index (χ1v) is 7.64. The Morgan fingerprint density at radius 3 is 2.60 bits per heavy atom. The first-order valence-electron chi connectivity index (χ1n) is 6.16. The second-order valence-electron chi connectivity index (χ2n) is 4.73. The highest BCUT2D eigenvalue weighted by Gasteiger charge is 2.18. The molecule has 0 unspecified atom stereocenters. The predicted octanol–water partition coefficient (Wildman–Crippen LogP) is 1.30. The van der Waals surface area contributed by atoms with Crippen LogP contribution in [0.4, 0.5) is 5.82 Å². The number of hydrogen-bond acceptors (Lipinski definition) is 4. The summed E-state index contributed by atoms with van der Waals surface area (Å²) in [7, 11) is -1.94. The van der Waals surface area contributed by atoms with E-state index >= 15 is 0 Å². The zero-order valence-corrected chi connectivity index (χ0v) is 12.5. The molecular weight excluding hydrogens is 276 g/mol. The number of sulfonamides is 1. The average Bonchev–Trinajstić information content (AvgIpc) is 2.72. The molecule has 6 nitrogen and oxygen atoms in total. The van der Waals surface area contributed by atoms with Gasteiger partial charge in [-0.2, -0.15) is 5.10 Å². The molecule has 1 heterocycles. The van der Waals surface area contributed by atoms with E-state index < -0.39 is 10.0 Å². The van der Waals surface area contributed by atoms with Crippen LogP contribution in [0.2, 0.25) is 0 Å². The Hall–Kier alpha value is -1.86. The highest BCUT2D eigenvalue weighted by molar-refractivity contribution is 7.92. The van der Waals surface area contributed by atoms with Gasteiger partial charge in [0.25, 0.3) is 10.0 Å². The zero-order chi connectivity index (χ0) is 14.9. The van der Waals surface area contributed by atoms with Crippen molar-refractivity contribution in [2.75, 3.05) is 4.72 Å². The number of nitrogens with two attached hydrogens (primary N) is 1. The summed E-state index contributed by atoms with van der Waals surface area (Å²) in [6, 6.07) is 5.00. The molecule has 20 heavy (non-hydrogen) atoms. The summed E-state index contributed by atoms with van der Waals surface area (Å²) < 4.78 is 28.7. The fraction of sp³-hybridized carbons (Fsp3) is 0.308. The number of benzene rings is 1. The van der Waals surface area contributed by atoms with Crippen molar-refractivity contribution in [3.8, 4) is 0 Å². The normalized spacial score (nSPS) is 11.6. The van der Waals surface area contributed by atoms with E-state index in [1.54, 1.807) is 31.4 Å². The Balaban J connectivity index is 2.37. The summed E-state index contributed by atoms with van der Waals surface area (Å²) in [5, 5.41) is 4.08. The average molecular weight is 294 g/mol. The van der Waals surface area contributed by atoms with Crippen LogP contribution in [0.3, 0.4) is 0 Å². The van der Waals surface area contributed by atoms with Crippen molar-refractivity contribution in [1.82, 2.24) is 9.78 Å². The maximum Gasteiger partial charge on any atom is 0.263 e. The zero-order valence-electron chi connectivity index (χ0n) is 11.7. The summed E-state index contributed by atoms with van der Waals surface area (Å²) in [6.07, 6.45) is 1.69. The highest BCUT2D eigenvalue weighted by atomic mass is 32.2. The quantitative estimate of drug-likeness (QED) is 0.889. The molecule has 0 fully saturated rings. The fourth-order valence-corrected chi connectivity index (χ4v) is 2.96. The number of rotatable bonds is 4. The molecule has 0 bridgehead atoms. The lowest BCUT2D eigenvalue weighted by molar-refractivity contribution is 0.600. The summed E-state index contributed by atoms with van der Waals surface area (Å²) in [6.45, 7) is 4.03. The predicted molar refractivity (Wildman–Crippen MR) is 77.8 cm³/mol. The molecule has 0 aliphatic rings. The van der Waals surface area contributed by atoms with Crippen molar-refractivity contribution < 1.29 is 8.42 Å². The molecule has 0 aliphatic carbocycles. The minimum atomic E-state index is -3.65. The first-order chi connectivity index (χ1) is 9.33. The Kier molecular flexibility index (Phi) is 3.82. The largest absolute Gasteiger partial charge is 0.326 e. The lowest BCUT2D eigenvalue weighted by Crippen LogP contribution is -2.15. The van der Waals surface area contributed by atoms with Gasteiger partial charge >= 0.3 is 0 Å². The van der Waals surface area contributed by atoms with Gasteiger partial charge in [0.15, 0.2) is 5.82 Å². The first kappa shape index (κ1) is 14.5. The van der Waals surface area contributed by atoms with Crippen molar-refractivity contribution >= 4 is 15.8 Å². The number of anilines is 1. The summed E-state index contributed by atoms with van der Waals surface area (Å²) in [4.78, 5) is 0.217. The van der Waals surface area contributed by atoms with E-state index in [9.17, 15) is 8.42 Å². The molecule has 0 atom stereocenters. The third kappa shape index (κ3) is 2.83. The van der Waals surface area contributed by atoms with Gasteiger partial charge in [-0.1, -0.05) is 6.07 Å². The second kappa shape index (κ2) is 5.26. The number of nitrogens with one attached hydrogen (secondary N) is 1. The van der Waals surface area contributed by atoms with Crippen molar-refractivity contribution in [2.24, 2.45) is 12.8 Å². The van der Waals surface area contributed by atoms with Crippen LogP contribution in [0.5, 0.6) is 0 Å². The van der Waals surface area contributed by atoms with Crippen LogP contribution in [-0.4, -0.2) is 18.2 Å². The van der Waals surface area contributed by atoms with Gasteiger partial charge in [-0.05, 0) is 37.1 Å². The topological polar surface area (TPSA) is 90.0 Å². The molecule has 1 aromatic heterocycles. The minimum Gasteiger partial charge on any atom is -0.326 e. The van der Waals surface area contributed by atoms with Crippen molar-refractivity contribution in [3.63, 3.8) is 0 Å².